The monoisotopic (exact) mass is 514 g/mol. The maximum Gasteiger partial charge on any atom is 0.0690 e. The molecule has 36 heavy (non-hydrogen) atoms. The van der Waals surface area contributed by atoms with Crippen molar-refractivity contribution < 1.29 is 0 Å². The molecule has 0 radical (unpaired) electrons. The van der Waals surface area contributed by atoms with E-state index in [4.69, 9.17) is 4.98 Å². The predicted octanol–water partition coefficient (Wildman–Crippen LogP) is 5.01. The van der Waals surface area contributed by atoms with Crippen LogP contribution in [0.3, 0.4) is 0 Å². The number of hydrogen-bond donors (Lipinski definition) is 4. The first kappa shape index (κ1) is 26.9. The molecule has 4 saturated heterocycles. The molecule has 4 N–H and O–H groups in total. The van der Waals surface area contributed by atoms with Crippen LogP contribution >= 0.6 is 11.9 Å². The largest absolute Gasteiger partial charge is 0.298 e. The van der Waals surface area contributed by atoms with Crippen molar-refractivity contribution in [2.24, 2.45) is 17.3 Å². The van der Waals surface area contributed by atoms with Gasteiger partial charge < -0.3 is 0 Å². The van der Waals surface area contributed by atoms with Crippen LogP contribution in [0.15, 0.2) is 24.4 Å². The molecule has 0 spiro atoms. The fraction of sp³-hybridized carbons (Fsp3) is 0.828. The Kier molecular flexibility index (Phi) is 8.36. The first-order valence-electron chi connectivity index (χ1n) is 14.5. The second-order valence-electron chi connectivity index (χ2n) is 13.6. The predicted molar refractivity (Wildman–Crippen MR) is 151 cm³/mol. The number of nitrogens with zero attached hydrogens (tertiary/aromatic N) is 2. The summed E-state index contributed by atoms with van der Waals surface area (Å²) in [6, 6.07) is 7.24. The Bertz CT molecular complexity index is 842. The molecule has 4 aliphatic heterocycles. The molecule has 7 unspecified atom stereocenters. The van der Waals surface area contributed by atoms with Crippen molar-refractivity contribution in [1.29, 1.82) is 0 Å². The summed E-state index contributed by atoms with van der Waals surface area (Å²) in [6.07, 6.45) is 12.7. The van der Waals surface area contributed by atoms with Gasteiger partial charge >= 0.3 is 0 Å². The van der Waals surface area contributed by atoms with Gasteiger partial charge in [-0.25, -0.2) is 0 Å². The summed E-state index contributed by atoms with van der Waals surface area (Å²) in [5.74, 6) is 1.36. The van der Waals surface area contributed by atoms with Crippen LogP contribution in [0.1, 0.15) is 97.7 Å². The van der Waals surface area contributed by atoms with Crippen molar-refractivity contribution in [3.8, 4) is 0 Å². The minimum absolute atomic E-state index is 0.219. The van der Waals surface area contributed by atoms with Crippen LogP contribution in [0.25, 0.3) is 0 Å². The standard InChI is InChI=1S/C29H50N6S/c1-28(2,3)24-15-13-21-18-31-36-26-11-8-10-25(34-26)32-23(22-9-6-7-16-30-22)14-12-20-17-29(4,5)35(19-20)27(21)33-24/h6-7,9,16,20-21,23-27,31-34H,8,10-15,17-19H2,1-5H3/t20-,21?,23?,24?,25?,26?,27?/m0/s1. The molecule has 0 aromatic carbocycles. The maximum atomic E-state index is 4.77. The minimum Gasteiger partial charge on any atom is -0.298 e. The van der Waals surface area contributed by atoms with E-state index >= 15 is 0 Å². The second kappa shape index (κ2) is 11.2. The molecule has 1 aromatic rings. The van der Waals surface area contributed by atoms with E-state index in [0.29, 0.717) is 35.7 Å². The lowest BCUT2D eigenvalue weighted by Gasteiger charge is -2.50. The molecule has 202 valence electrons. The Labute approximate surface area is 224 Å². The van der Waals surface area contributed by atoms with Gasteiger partial charge in [-0.05, 0) is 88.7 Å². The van der Waals surface area contributed by atoms with E-state index in [9.17, 15) is 0 Å². The van der Waals surface area contributed by atoms with Gasteiger partial charge in [0.15, 0.2) is 0 Å². The highest BCUT2D eigenvalue weighted by atomic mass is 32.2. The molecule has 4 fully saturated rings. The summed E-state index contributed by atoms with van der Waals surface area (Å²) < 4.78 is 3.84. The van der Waals surface area contributed by atoms with E-state index in [0.717, 1.165) is 18.9 Å². The summed E-state index contributed by atoms with van der Waals surface area (Å²) in [6.45, 7) is 14.5. The van der Waals surface area contributed by atoms with Crippen molar-refractivity contribution in [3.63, 3.8) is 0 Å². The SMILES string of the molecule is CC(C)(C)C1CCC2CNSC3CCCC(N3)NC(c3ccccn3)CC[C@@H]3CN(C2N1)C(C)(C)C3. The maximum absolute atomic E-state index is 4.77. The van der Waals surface area contributed by atoms with Crippen molar-refractivity contribution in [3.05, 3.63) is 30.1 Å². The van der Waals surface area contributed by atoms with E-state index in [2.05, 4.69) is 72.3 Å². The Morgan fingerprint density at radius 1 is 1.00 bits per heavy atom. The second-order valence-corrected chi connectivity index (χ2v) is 14.7. The van der Waals surface area contributed by atoms with E-state index in [-0.39, 0.29) is 11.0 Å². The molecule has 0 amide bonds. The van der Waals surface area contributed by atoms with Gasteiger partial charge in [0.2, 0.25) is 0 Å². The summed E-state index contributed by atoms with van der Waals surface area (Å²) in [5.41, 5.74) is 1.69. The quantitative estimate of drug-likeness (QED) is 0.393. The van der Waals surface area contributed by atoms with E-state index < -0.39 is 0 Å². The normalized spacial score (nSPS) is 40.0. The molecule has 4 aliphatic rings. The van der Waals surface area contributed by atoms with Crippen LogP contribution in [-0.2, 0) is 0 Å². The summed E-state index contributed by atoms with van der Waals surface area (Å²) in [7, 11) is 0. The third kappa shape index (κ3) is 6.29. The molecule has 6 nitrogen and oxygen atoms in total. The summed E-state index contributed by atoms with van der Waals surface area (Å²) in [5, 5.41) is 12.5. The first-order chi connectivity index (χ1) is 17.2. The third-order valence-electron chi connectivity index (χ3n) is 9.27. The highest BCUT2D eigenvalue weighted by Crippen LogP contribution is 2.41. The van der Waals surface area contributed by atoms with Gasteiger partial charge in [0, 0.05) is 36.8 Å². The van der Waals surface area contributed by atoms with Gasteiger partial charge in [-0.3, -0.25) is 30.6 Å². The molecule has 5 heterocycles. The Hall–Kier alpha value is -0.700. The Balaban J connectivity index is 1.39. The van der Waals surface area contributed by atoms with Crippen molar-refractivity contribution in [1.82, 2.24) is 30.6 Å². The molecular weight excluding hydrogens is 464 g/mol. The van der Waals surface area contributed by atoms with Gasteiger partial charge in [0.25, 0.3) is 0 Å². The zero-order valence-corrected chi connectivity index (χ0v) is 24.0. The number of fused-ring (bicyclic) bond motifs is 6. The topological polar surface area (TPSA) is 64.2 Å². The Morgan fingerprint density at radius 3 is 2.64 bits per heavy atom. The molecule has 0 aliphatic carbocycles. The number of piperidine rings is 2. The smallest absolute Gasteiger partial charge is 0.0690 e. The zero-order chi connectivity index (χ0) is 25.3. The van der Waals surface area contributed by atoms with Crippen LogP contribution < -0.4 is 20.7 Å². The van der Waals surface area contributed by atoms with Crippen molar-refractivity contribution >= 4 is 11.9 Å². The van der Waals surface area contributed by atoms with Gasteiger partial charge in [-0.2, -0.15) is 0 Å². The molecule has 8 atom stereocenters. The molecule has 7 heteroatoms. The fourth-order valence-corrected chi connectivity index (χ4v) is 8.25. The average Bonchev–Trinajstić information content (AvgIpc) is 3.15. The van der Waals surface area contributed by atoms with Crippen LogP contribution in [0.5, 0.6) is 0 Å². The van der Waals surface area contributed by atoms with Gasteiger partial charge in [0.05, 0.1) is 29.4 Å². The minimum atomic E-state index is 0.219. The zero-order valence-electron chi connectivity index (χ0n) is 23.2. The molecule has 0 saturated carbocycles. The number of pyridine rings is 1. The summed E-state index contributed by atoms with van der Waals surface area (Å²) >= 11 is 1.92. The van der Waals surface area contributed by atoms with E-state index in [1.807, 2.05) is 24.2 Å². The van der Waals surface area contributed by atoms with E-state index in [1.165, 1.54) is 57.2 Å². The van der Waals surface area contributed by atoms with Crippen molar-refractivity contribution in [2.45, 2.75) is 121 Å². The number of nitrogens with one attached hydrogen (secondary N) is 4. The van der Waals surface area contributed by atoms with Crippen LogP contribution in [-0.4, -0.2) is 52.3 Å². The molecular formula is C29H50N6S. The van der Waals surface area contributed by atoms with Crippen LogP contribution in [0.2, 0.25) is 0 Å². The van der Waals surface area contributed by atoms with Gasteiger partial charge in [0.1, 0.15) is 0 Å². The first-order valence-corrected chi connectivity index (χ1v) is 15.4. The average molecular weight is 515 g/mol. The third-order valence-corrected chi connectivity index (χ3v) is 10.3. The van der Waals surface area contributed by atoms with Gasteiger partial charge in [-0.1, -0.05) is 38.8 Å². The molecule has 1 aromatic heterocycles. The molecule has 5 rings (SSSR count). The Morgan fingerprint density at radius 2 is 1.86 bits per heavy atom. The van der Waals surface area contributed by atoms with Crippen LogP contribution in [0, 0.1) is 17.3 Å². The number of rotatable bonds is 1. The van der Waals surface area contributed by atoms with E-state index in [1.54, 1.807) is 0 Å². The summed E-state index contributed by atoms with van der Waals surface area (Å²) in [4.78, 5) is 7.63. The lowest BCUT2D eigenvalue weighted by molar-refractivity contribution is 0.00552. The molecule has 4 bridgehead atoms. The highest BCUT2D eigenvalue weighted by molar-refractivity contribution is 7.98. The van der Waals surface area contributed by atoms with Crippen molar-refractivity contribution in [2.75, 3.05) is 13.1 Å². The fourth-order valence-electron chi connectivity index (χ4n) is 7.22. The lowest BCUT2D eigenvalue weighted by Crippen LogP contribution is -2.63. The van der Waals surface area contributed by atoms with Crippen LogP contribution in [0.4, 0.5) is 0 Å². The number of hydrogen-bond acceptors (Lipinski definition) is 7. The number of aromatic nitrogens is 1. The lowest BCUT2D eigenvalue weighted by atomic mass is 9.78. The highest BCUT2D eigenvalue weighted by Gasteiger charge is 2.47. The van der Waals surface area contributed by atoms with Gasteiger partial charge in [-0.15, -0.1) is 0 Å².